The van der Waals surface area contributed by atoms with E-state index in [1.807, 2.05) is 48.5 Å². The van der Waals surface area contributed by atoms with Gasteiger partial charge in [-0.15, -0.1) is 0 Å². The van der Waals surface area contributed by atoms with Gasteiger partial charge in [0.25, 0.3) is 5.91 Å². The van der Waals surface area contributed by atoms with Crippen LogP contribution >= 0.6 is 11.6 Å². The number of aliphatic hydroxyl groups is 1. The van der Waals surface area contributed by atoms with Crippen LogP contribution in [0.3, 0.4) is 0 Å². The number of nitrogens with one attached hydrogen (secondary N) is 2. The van der Waals surface area contributed by atoms with Crippen molar-refractivity contribution in [1.29, 1.82) is 10.5 Å². The second-order valence-corrected chi connectivity index (χ2v) is 19.3. The minimum absolute atomic E-state index is 0.00734. The number of rotatable bonds is 12. The molecule has 3 amide bonds. The SMILES string of the molecule is CC1(C)C(NC(=O)c2ccc(C#Cc3ccc(CC(=O)N[C@H](C(=O)N4C[C@H](O)C[C@H]4C(=O)CCc4ccc(C#N)cc4)C(C)(C)C)nc3)cc2)C(C)(C)C1Oc1ccc(C#N)c(Cl)c1. The summed E-state index contributed by atoms with van der Waals surface area (Å²) in [4.78, 5) is 60.0. The highest BCUT2D eigenvalue weighted by Gasteiger charge is 2.64. The second-order valence-electron chi connectivity index (χ2n) is 18.9. The Kier molecular flexibility index (Phi) is 14.0. The lowest BCUT2D eigenvalue weighted by Crippen LogP contribution is -2.74. The van der Waals surface area contributed by atoms with Gasteiger partial charge in [-0.3, -0.25) is 24.2 Å². The number of amides is 3. The van der Waals surface area contributed by atoms with E-state index >= 15 is 0 Å². The van der Waals surface area contributed by atoms with E-state index in [-0.39, 0.29) is 49.6 Å². The normalized spacial score (nSPS) is 20.0. The molecule has 3 aromatic carbocycles. The van der Waals surface area contributed by atoms with Crippen LogP contribution in [0.5, 0.6) is 5.75 Å². The fourth-order valence-corrected chi connectivity index (χ4v) is 9.21. The Hall–Kier alpha value is -6.52. The van der Waals surface area contributed by atoms with E-state index in [1.54, 1.807) is 85.1 Å². The molecule has 2 heterocycles. The van der Waals surface area contributed by atoms with Crippen molar-refractivity contribution in [3.63, 3.8) is 0 Å². The summed E-state index contributed by atoms with van der Waals surface area (Å²) in [6.07, 6.45) is 1.10. The summed E-state index contributed by atoms with van der Waals surface area (Å²) in [6, 6.07) is 24.6. The molecule has 1 aliphatic carbocycles. The van der Waals surface area contributed by atoms with Crippen LogP contribution in [-0.4, -0.2) is 75.4 Å². The molecule has 2 aliphatic rings. The van der Waals surface area contributed by atoms with Gasteiger partial charge in [-0.25, -0.2) is 0 Å². The van der Waals surface area contributed by atoms with Crippen LogP contribution in [0.15, 0.2) is 85.1 Å². The van der Waals surface area contributed by atoms with Gasteiger partial charge in [-0.2, -0.15) is 10.5 Å². The Morgan fingerprint density at radius 3 is 2.14 bits per heavy atom. The molecule has 0 bridgehead atoms. The lowest BCUT2D eigenvalue weighted by molar-refractivity contribution is -0.164. The number of benzene rings is 3. The van der Waals surface area contributed by atoms with Crippen molar-refractivity contribution < 1.29 is 29.0 Å². The number of aromatic nitrogens is 1. The number of aryl methyl sites for hydroxylation is 1. The number of nitrogens with zero attached hydrogens (tertiary/aromatic N) is 4. The van der Waals surface area contributed by atoms with Crippen LogP contribution in [0.25, 0.3) is 0 Å². The number of ketones is 1. The van der Waals surface area contributed by atoms with Crippen molar-refractivity contribution in [2.75, 3.05) is 6.54 Å². The van der Waals surface area contributed by atoms with E-state index in [4.69, 9.17) is 21.6 Å². The Balaban J connectivity index is 1.01. The zero-order chi connectivity index (χ0) is 46.6. The van der Waals surface area contributed by atoms with E-state index in [0.717, 1.165) is 5.56 Å². The molecule has 1 saturated heterocycles. The van der Waals surface area contributed by atoms with Crippen LogP contribution in [0.2, 0.25) is 5.02 Å². The highest BCUT2D eigenvalue weighted by atomic mass is 35.5. The number of aliphatic hydroxyl groups excluding tert-OH is 1. The Labute approximate surface area is 380 Å². The van der Waals surface area contributed by atoms with E-state index in [2.05, 4.69) is 39.6 Å². The molecule has 1 aliphatic heterocycles. The van der Waals surface area contributed by atoms with Crippen molar-refractivity contribution >= 4 is 35.1 Å². The van der Waals surface area contributed by atoms with Gasteiger partial charge in [0, 0.05) is 70.9 Å². The maximum Gasteiger partial charge on any atom is 0.251 e. The molecule has 0 radical (unpaired) electrons. The van der Waals surface area contributed by atoms with Gasteiger partial charge in [0.05, 0.1) is 40.8 Å². The first-order valence-corrected chi connectivity index (χ1v) is 21.6. The summed E-state index contributed by atoms with van der Waals surface area (Å²) in [5, 5.41) is 35.2. The lowest BCUT2D eigenvalue weighted by atomic mass is 9.49. The van der Waals surface area contributed by atoms with Crippen molar-refractivity contribution in [3.8, 4) is 29.7 Å². The summed E-state index contributed by atoms with van der Waals surface area (Å²) in [7, 11) is 0. The molecule has 1 saturated carbocycles. The van der Waals surface area contributed by atoms with Gasteiger partial charge < -0.3 is 25.4 Å². The molecular weight excluding hydrogens is 828 g/mol. The monoisotopic (exact) mass is 880 g/mol. The van der Waals surface area contributed by atoms with Gasteiger partial charge >= 0.3 is 0 Å². The fraction of sp³-hybridized carbons (Fsp3) is 0.392. The largest absolute Gasteiger partial charge is 0.489 e. The zero-order valence-electron chi connectivity index (χ0n) is 37.2. The third-order valence-corrected chi connectivity index (χ3v) is 12.5. The molecule has 13 heteroatoms. The average Bonchev–Trinajstić information content (AvgIpc) is 3.66. The topological polar surface area (TPSA) is 186 Å². The zero-order valence-corrected chi connectivity index (χ0v) is 37.9. The van der Waals surface area contributed by atoms with E-state index in [0.29, 0.717) is 50.7 Å². The van der Waals surface area contributed by atoms with Crippen molar-refractivity contribution in [2.45, 2.75) is 104 Å². The van der Waals surface area contributed by atoms with Crippen molar-refractivity contribution in [3.05, 3.63) is 129 Å². The third-order valence-electron chi connectivity index (χ3n) is 12.2. The molecule has 12 nitrogen and oxygen atoms in total. The molecule has 0 unspecified atom stereocenters. The Bertz CT molecular complexity index is 2540. The molecule has 3 N–H and O–H groups in total. The first-order chi connectivity index (χ1) is 30.2. The molecule has 330 valence electrons. The Morgan fingerprint density at radius 2 is 1.55 bits per heavy atom. The molecule has 4 aromatic rings. The first kappa shape index (κ1) is 47.0. The summed E-state index contributed by atoms with van der Waals surface area (Å²) in [5.74, 6) is 5.49. The molecule has 64 heavy (non-hydrogen) atoms. The smallest absolute Gasteiger partial charge is 0.251 e. The molecule has 3 atom stereocenters. The van der Waals surface area contributed by atoms with Gasteiger partial charge in [-0.1, -0.05) is 84.0 Å². The predicted molar refractivity (Wildman–Crippen MR) is 242 cm³/mol. The summed E-state index contributed by atoms with van der Waals surface area (Å²) in [5.41, 5.74) is 2.53. The fourth-order valence-electron chi connectivity index (χ4n) is 9.00. The van der Waals surface area contributed by atoms with Gasteiger partial charge in [0.1, 0.15) is 24.0 Å². The molecular formula is C51H53ClN6O6. The summed E-state index contributed by atoms with van der Waals surface area (Å²) >= 11 is 6.23. The van der Waals surface area contributed by atoms with Crippen molar-refractivity contribution in [2.24, 2.45) is 16.2 Å². The molecule has 2 fully saturated rings. The number of nitriles is 2. The van der Waals surface area contributed by atoms with Crippen LogP contribution < -0.4 is 15.4 Å². The summed E-state index contributed by atoms with van der Waals surface area (Å²) in [6.45, 7) is 13.7. The van der Waals surface area contributed by atoms with Crippen LogP contribution in [0.1, 0.15) is 105 Å². The van der Waals surface area contributed by atoms with Crippen LogP contribution in [0, 0.1) is 50.7 Å². The summed E-state index contributed by atoms with van der Waals surface area (Å²) < 4.78 is 6.35. The average molecular weight is 881 g/mol. The van der Waals surface area contributed by atoms with Gasteiger partial charge in [-0.05, 0) is 78.1 Å². The highest BCUT2D eigenvalue weighted by molar-refractivity contribution is 6.31. The van der Waals surface area contributed by atoms with Crippen molar-refractivity contribution in [1.82, 2.24) is 20.5 Å². The number of likely N-dealkylation sites (tertiary alicyclic amines) is 1. The maximum atomic E-state index is 14.0. The number of pyridine rings is 1. The van der Waals surface area contributed by atoms with Crippen LogP contribution in [0.4, 0.5) is 0 Å². The number of Topliss-reactive ketones (excluding diaryl/α,β-unsaturated/α-hetero) is 1. The third kappa shape index (κ3) is 10.6. The second kappa shape index (κ2) is 19.1. The first-order valence-electron chi connectivity index (χ1n) is 21.2. The number of hydrogen-bond donors (Lipinski definition) is 3. The highest BCUT2D eigenvalue weighted by Crippen LogP contribution is 2.55. The lowest BCUT2D eigenvalue weighted by Gasteiger charge is -2.63. The quantitative estimate of drug-likeness (QED) is 0.130. The molecule has 6 rings (SSSR count). The molecule has 1 aromatic heterocycles. The van der Waals surface area contributed by atoms with E-state index in [9.17, 15) is 29.5 Å². The number of carbonyl (C=O) groups is 4. The minimum Gasteiger partial charge on any atom is -0.489 e. The number of carbonyl (C=O) groups excluding carboxylic acids is 4. The van der Waals surface area contributed by atoms with Gasteiger partial charge in [0.2, 0.25) is 11.8 Å². The standard InChI is InChI=1S/C51H53ClN6O6/c1-49(2,3)44(46(63)58-30-38(59)25-41(58)42(60)23-17-31-8-11-33(27-53)12-9-31)56-43(61)24-37-21-16-34(29-55-37)13-10-32-14-18-35(19-15-32)45(62)57-47-50(4,5)48(51(47,6)7)64-39-22-20-36(28-54)40(52)26-39/h8-9,11-12,14-16,18-22,26,29,38,41,44,47-48,59H,17,23-25,30H2,1-7H3,(H,56,61)(H,57,62)/t38-,41+,44-,47?,48?/m1/s1. The predicted octanol–water partition coefficient (Wildman–Crippen LogP) is 6.73. The number of hydrogen-bond acceptors (Lipinski definition) is 9. The number of halogens is 1. The number of β-amino-alcohol motifs (C(OH)–C–C–N with tert-alkyl or cyclic N) is 1. The van der Waals surface area contributed by atoms with E-state index < -0.39 is 46.2 Å². The number of ether oxygens (including phenoxy) is 1. The van der Waals surface area contributed by atoms with E-state index in [1.165, 1.54) is 4.90 Å². The molecule has 0 spiro atoms. The van der Waals surface area contributed by atoms with Crippen LogP contribution in [-0.2, 0) is 27.2 Å². The van der Waals surface area contributed by atoms with Gasteiger partial charge in [0.15, 0.2) is 5.78 Å². The Morgan fingerprint density at radius 1 is 0.906 bits per heavy atom. The maximum absolute atomic E-state index is 14.0. The minimum atomic E-state index is -0.966.